The van der Waals surface area contributed by atoms with Crippen molar-refractivity contribution in [2.24, 2.45) is 0 Å². The lowest BCUT2D eigenvalue weighted by atomic mass is 10.3. The van der Waals surface area contributed by atoms with Crippen LogP contribution in [0.5, 0.6) is 0 Å². The van der Waals surface area contributed by atoms with Crippen molar-refractivity contribution >= 4 is 32.6 Å². The Morgan fingerprint density at radius 3 is 2.85 bits per heavy atom. The van der Waals surface area contributed by atoms with Gasteiger partial charge >= 0.3 is 0 Å². The van der Waals surface area contributed by atoms with E-state index in [1.807, 2.05) is 0 Å². The number of morpholine rings is 1. The maximum Gasteiger partial charge on any atom is 0.295 e. The normalized spacial score (nSPS) is 15.3. The Kier molecular flexibility index (Phi) is 5.15. The highest BCUT2D eigenvalue weighted by Crippen LogP contribution is 2.31. The molecule has 27 heavy (non-hydrogen) atoms. The minimum Gasteiger partial charge on any atom is -0.459 e. The first-order valence-electron chi connectivity index (χ1n) is 8.64. The molecule has 1 aliphatic heterocycles. The van der Waals surface area contributed by atoms with E-state index in [-0.39, 0.29) is 17.2 Å². The van der Waals surface area contributed by atoms with Gasteiger partial charge in [0.2, 0.25) is 0 Å². The van der Waals surface area contributed by atoms with Crippen LogP contribution in [0.1, 0.15) is 10.6 Å². The van der Waals surface area contributed by atoms with Crippen LogP contribution >= 0.6 is 11.3 Å². The summed E-state index contributed by atoms with van der Waals surface area (Å²) in [7, 11) is 0. The number of rotatable bonds is 5. The van der Waals surface area contributed by atoms with Gasteiger partial charge < -0.3 is 14.1 Å². The summed E-state index contributed by atoms with van der Waals surface area (Å²) in [5.41, 5.74) is 0.0624. The summed E-state index contributed by atoms with van der Waals surface area (Å²) < 4.78 is 38.5. The molecule has 0 radical (unpaired) electrons. The van der Waals surface area contributed by atoms with E-state index < -0.39 is 11.6 Å². The molecule has 142 valence electrons. The summed E-state index contributed by atoms with van der Waals surface area (Å²) >= 11 is 1.08. The van der Waals surface area contributed by atoms with Gasteiger partial charge in [-0.1, -0.05) is 11.3 Å². The molecule has 0 spiro atoms. The number of quaternary nitrogens is 1. The first-order valence-corrected chi connectivity index (χ1v) is 9.46. The number of nitrogens with one attached hydrogen (secondary N) is 1. The number of nitrogens with zero attached hydrogens (tertiary/aromatic N) is 2. The number of carbonyl (C=O) groups is 1. The molecule has 1 N–H and O–H groups in total. The average Bonchev–Trinajstić information content (AvgIpc) is 3.32. The van der Waals surface area contributed by atoms with Crippen molar-refractivity contribution in [1.29, 1.82) is 0 Å². The summed E-state index contributed by atoms with van der Waals surface area (Å²) in [5, 5.41) is 0.323. The highest BCUT2D eigenvalue weighted by molar-refractivity contribution is 7.22. The van der Waals surface area contributed by atoms with Crippen LogP contribution in [0.15, 0.2) is 34.9 Å². The Hall–Kier alpha value is -2.36. The fourth-order valence-corrected chi connectivity index (χ4v) is 4.09. The van der Waals surface area contributed by atoms with Crippen molar-refractivity contribution in [3.63, 3.8) is 0 Å². The van der Waals surface area contributed by atoms with Crippen molar-refractivity contribution in [3.05, 3.63) is 47.9 Å². The number of amides is 1. The number of carbonyl (C=O) groups excluding carboxylic acids is 1. The van der Waals surface area contributed by atoms with E-state index in [4.69, 9.17) is 9.15 Å². The fraction of sp³-hybridized carbons (Fsp3) is 0.333. The van der Waals surface area contributed by atoms with E-state index in [0.717, 1.165) is 30.5 Å². The van der Waals surface area contributed by atoms with Gasteiger partial charge in [-0.25, -0.2) is 13.8 Å². The van der Waals surface area contributed by atoms with E-state index in [2.05, 4.69) is 4.98 Å². The van der Waals surface area contributed by atoms with E-state index >= 15 is 0 Å². The molecule has 9 heteroatoms. The van der Waals surface area contributed by atoms with Crippen molar-refractivity contribution < 1.29 is 27.6 Å². The molecular weight excluding hydrogens is 376 g/mol. The highest BCUT2D eigenvalue weighted by Gasteiger charge is 2.26. The minimum absolute atomic E-state index is 0.0624. The van der Waals surface area contributed by atoms with Gasteiger partial charge in [0.15, 0.2) is 16.7 Å². The van der Waals surface area contributed by atoms with Crippen LogP contribution in [0.4, 0.5) is 13.9 Å². The third-order valence-corrected chi connectivity index (χ3v) is 5.52. The average molecular weight is 394 g/mol. The number of furan rings is 1. The van der Waals surface area contributed by atoms with Crippen LogP contribution in [0.2, 0.25) is 0 Å². The van der Waals surface area contributed by atoms with Crippen LogP contribution in [-0.4, -0.2) is 50.3 Å². The molecule has 0 aliphatic carbocycles. The van der Waals surface area contributed by atoms with Crippen LogP contribution in [-0.2, 0) is 4.74 Å². The maximum atomic E-state index is 14.0. The summed E-state index contributed by atoms with van der Waals surface area (Å²) in [5.74, 6) is -1.58. The van der Waals surface area contributed by atoms with Gasteiger partial charge in [-0.05, 0) is 18.2 Å². The summed E-state index contributed by atoms with van der Waals surface area (Å²) in [6.07, 6.45) is 1.42. The van der Waals surface area contributed by atoms with Gasteiger partial charge in [0.05, 0.1) is 37.3 Å². The van der Waals surface area contributed by atoms with Crippen molar-refractivity contribution in [2.45, 2.75) is 0 Å². The molecule has 3 heterocycles. The molecule has 0 atom stereocenters. The predicted molar refractivity (Wildman–Crippen MR) is 96.3 cm³/mol. The number of ether oxygens (including phenoxy) is 1. The first kappa shape index (κ1) is 18.0. The van der Waals surface area contributed by atoms with E-state index in [1.165, 1.54) is 22.1 Å². The largest absolute Gasteiger partial charge is 0.459 e. The summed E-state index contributed by atoms with van der Waals surface area (Å²) in [4.78, 5) is 20.0. The topological polar surface area (TPSA) is 60.0 Å². The molecule has 1 aromatic carbocycles. The number of hydrogen-bond donors (Lipinski definition) is 1. The Labute approximate surface area is 157 Å². The van der Waals surface area contributed by atoms with Gasteiger partial charge in [0.25, 0.3) is 5.91 Å². The molecular formula is C18H18F2N3O3S+. The van der Waals surface area contributed by atoms with Crippen molar-refractivity contribution in [3.8, 4) is 0 Å². The van der Waals surface area contributed by atoms with Crippen molar-refractivity contribution in [2.75, 3.05) is 44.3 Å². The van der Waals surface area contributed by atoms with E-state index in [1.54, 1.807) is 12.1 Å². The zero-order valence-corrected chi connectivity index (χ0v) is 15.2. The lowest BCUT2D eigenvalue weighted by molar-refractivity contribution is -0.906. The Balaban J connectivity index is 1.64. The molecule has 1 aliphatic rings. The molecule has 1 fully saturated rings. The second kappa shape index (κ2) is 7.71. The Morgan fingerprint density at radius 1 is 1.30 bits per heavy atom. The number of aromatic nitrogens is 1. The molecule has 0 unspecified atom stereocenters. The lowest BCUT2D eigenvalue weighted by Crippen LogP contribution is -3.14. The number of thiazole rings is 1. The van der Waals surface area contributed by atoms with E-state index in [9.17, 15) is 13.6 Å². The third-order valence-electron chi connectivity index (χ3n) is 4.50. The SMILES string of the molecule is O=C(c1ccco1)N(CC[NH+]1CCOCC1)c1nc2c(F)cc(F)cc2s1. The quantitative estimate of drug-likeness (QED) is 0.716. The van der Waals surface area contributed by atoms with Gasteiger partial charge in [0.1, 0.15) is 24.4 Å². The van der Waals surface area contributed by atoms with Gasteiger partial charge in [-0.15, -0.1) is 0 Å². The Morgan fingerprint density at radius 2 is 2.11 bits per heavy atom. The zero-order valence-electron chi connectivity index (χ0n) is 14.4. The number of halogens is 2. The molecule has 6 nitrogen and oxygen atoms in total. The Bertz CT molecular complexity index is 939. The fourth-order valence-electron chi connectivity index (χ4n) is 3.06. The summed E-state index contributed by atoms with van der Waals surface area (Å²) in [6.45, 7) is 4.19. The number of hydrogen-bond acceptors (Lipinski definition) is 5. The minimum atomic E-state index is -0.739. The predicted octanol–water partition coefficient (Wildman–Crippen LogP) is 1.73. The standard InChI is InChI=1S/C18H17F2N3O3S/c19-12-10-13(20)16-15(11-12)27-18(21-16)23(17(24)14-2-1-7-26-14)4-3-22-5-8-25-9-6-22/h1-2,7,10-11H,3-6,8-9H2/p+1. The molecule has 0 bridgehead atoms. The lowest BCUT2D eigenvalue weighted by Gasteiger charge is -2.26. The van der Waals surface area contributed by atoms with Crippen LogP contribution in [0.3, 0.4) is 0 Å². The van der Waals surface area contributed by atoms with Crippen LogP contribution < -0.4 is 9.80 Å². The maximum absolute atomic E-state index is 14.0. The number of anilines is 1. The third kappa shape index (κ3) is 3.85. The first-order chi connectivity index (χ1) is 13.1. The van der Waals surface area contributed by atoms with Crippen molar-refractivity contribution in [1.82, 2.24) is 4.98 Å². The summed E-state index contributed by atoms with van der Waals surface area (Å²) in [6, 6.07) is 5.22. The molecule has 1 saturated heterocycles. The second-order valence-electron chi connectivity index (χ2n) is 6.28. The van der Waals surface area contributed by atoms with E-state index in [0.29, 0.717) is 36.1 Å². The number of fused-ring (bicyclic) bond motifs is 1. The molecule has 4 rings (SSSR count). The molecule has 3 aromatic rings. The molecule has 0 saturated carbocycles. The van der Waals surface area contributed by atoms with Crippen LogP contribution in [0.25, 0.3) is 10.2 Å². The number of benzene rings is 1. The second-order valence-corrected chi connectivity index (χ2v) is 7.29. The van der Waals surface area contributed by atoms with Gasteiger partial charge in [0, 0.05) is 6.07 Å². The molecule has 2 aromatic heterocycles. The monoisotopic (exact) mass is 394 g/mol. The smallest absolute Gasteiger partial charge is 0.295 e. The van der Waals surface area contributed by atoms with Gasteiger partial charge in [-0.2, -0.15) is 0 Å². The zero-order chi connectivity index (χ0) is 18.8. The van der Waals surface area contributed by atoms with Gasteiger partial charge in [-0.3, -0.25) is 9.69 Å². The van der Waals surface area contributed by atoms with Crippen LogP contribution in [0, 0.1) is 11.6 Å². The highest BCUT2D eigenvalue weighted by atomic mass is 32.1. The molecule has 1 amide bonds.